The molecule has 0 aliphatic heterocycles. The lowest BCUT2D eigenvalue weighted by molar-refractivity contribution is 0.685. The predicted molar refractivity (Wildman–Crippen MR) is 39.2 cm³/mol. The van der Waals surface area contributed by atoms with Crippen LogP contribution in [0.1, 0.15) is 6.42 Å². The van der Waals surface area contributed by atoms with E-state index in [1.165, 1.54) is 0 Å². The van der Waals surface area contributed by atoms with E-state index in [-0.39, 0.29) is 0 Å². The van der Waals surface area contributed by atoms with Crippen molar-refractivity contribution >= 4 is 17.4 Å². The first-order valence-corrected chi connectivity index (χ1v) is 3.11. The zero-order valence-corrected chi connectivity index (χ0v) is 6.07. The van der Waals surface area contributed by atoms with Gasteiger partial charge < -0.3 is 0 Å². The second kappa shape index (κ2) is 5.81. The molecule has 0 saturated heterocycles. The third kappa shape index (κ3) is 4.20. The van der Waals surface area contributed by atoms with E-state index in [1.54, 1.807) is 7.05 Å². The van der Waals surface area contributed by atoms with Crippen LogP contribution in [0.4, 0.5) is 0 Å². The second-order valence-electron chi connectivity index (χ2n) is 1.38. The number of hydrogen-bond acceptors (Lipinski definition) is 3. The molecule has 0 atom stereocenters. The van der Waals surface area contributed by atoms with Gasteiger partial charge in [-0.2, -0.15) is 5.53 Å². The molecule has 0 heterocycles. The van der Waals surface area contributed by atoms with Crippen LogP contribution in [-0.4, -0.2) is 18.8 Å². The fourth-order valence-corrected chi connectivity index (χ4v) is 0.582. The van der Waals surface area contributed by atoms with Crippen molar-refractivity contribution in [2.24, 2.45) is 10.8 Å². The molecule has 0 aromatic rings. The predicted octanol–water partition coefficient (Wildman–Crippen LogP) is -0.389. The summed E-state index contributed by atoms with van der Waals surface area (Å²) in [6, 6.07) is 0. The summed E-state index contributed by atoms with van der Waals surface area (Å²) in [5.74, 6) is 6.25. The minimum Gasteiger partial charge on any atom is -0.296 e. The van der Waals surface area contributed by atoms with Gasteiger partial charge in [0.15, 0.2) is 0 Å². The summed E-state index contributed by atoms with van der Waals surface area (Å²) in [5.41, 5.74) is 4.89. The Morgan fingerprint density at radius 3 is 2.78 bits per heavy atom. The largest absolute Gasteiger partial charge is 0.296 e. The molecule has 0 aliphatic rings. The van der Waals surface area contributed by atoms with Crippen LogP contribution >= 0.6 is 11.6 Å². The molecule has 0 aromatic carbocycles. The number of hydrogen-bond donors (Lipinski definition) is 3. The maximum atomic E-state index is 5.42. The molecule has 4 nitrogen and oxygen atoms in total. The zero-order chi connectivity index (χ0) is 7.11. The molecule has 0 amide bonds. The van der Waals surface area contributed by atoms with Crippen molar-refractivity contribution in [3.05, 3.63) is 0 Å². The first kappa shape index (κ1) is 8.68. The van der Waals surface area contributed by atoms with Crippen molar-refractivity contribution in [2.45, 2.75) is 6.42 Å². The maximum absolute atomic E-state index is 5.42. The van der Waals surface area contributed by atoms with Crippen molar-refractivity contribution in [1.29, 1.82) is 0 Å². The molecule has 0 aliphatic carbocycles. The lowest BCUT2D eigenvalue weighted by Gasteiger charge is -2.03. The average molecular weight is 151 g/mol. The molecule has 9 heavy (non-hydrogen) atoms. The van der Waals surface area contributed by atoms with Gasteiger partial charge in [0.1, 0.15) is 5.84 Å². The Hall–Kier alpha value is -0.320. The molecule has 0 spiro atoms. The molecule has 0 radical (unpaired) electrons. The highest BCUT2D eigenvalue weighted by Crippen LogP contribution is 1.84. The molecule has 5 heteroatoms. The van der Waals surface area contributed by atoms with Gasteiger partial charge in [0.05, 0.1) is 0 Å². The lowest BCUT2D eigenvalue weighted by Crippen LogP contribution is -2.42. The van der Waals surface area contributed by atoms with Gasteiger partial charge in [-0.25, -0.2) is 0 Å². The van der Waals surface area contributed by atoms with Crippen LogP contribution in [0.3, 0.4) is 0 Å². The van der Waals surface area contributed by atoms with Crippen LogP contribution in [0, 0.1) is 0 Å². The number of nitrogens with zero attached hydrogens (tertiary/aromatic N) is 1. The highest BCUT2D eigenvalue weighted by Gasteiger charge is 1.91. The number of nitrogens with one attached hydrogen (secondary N) is 2. The normalized spacial score (nSPS) is 11.7. The molecule has 0 saturated carbocycles. The third-order valence-electron chi connectivity index (χ3n) is 0.818. The topological polar surface area (TPSA) is 62.4 Å². The van der Waals surface area contributed by atoms with E-state index >= 15 is 0 Å². The van der Waals surface area contributed by atoms with Crippen LogP contribution in [0.25, 0.3) is 0 Å². The van der Waals surface area contributed by atoms with Crippen LogP contribution in [0.15, 0.2) is 4.99 Å². The molecular weight excluding hydrogens is 140 g/mol. The third-order valence-corrected chi connectivity index (χ3v) is 1.01. The van der Waals surface area contributed by atoms with Crippen LogP contribution < -0.4 is 16.8 Å². The van der Waals surface area contributed by atoms with E-state index in [9.17, 15) is 0 Å². The lowest BCUT2D eigenvalue weighted by atomic mass is 10.4. The van der Waals surface area contributed by atoms with Gasteiger partial charge in [0, 0.05) is 19.3 Å². The Bertz CT molecular complexity index is 84.6. The fourth-order valence-electron chi connectivity index (χ4n) is 0.403. The van der Waals surface area contributed by atoms with Gasteiger partial charge >= 0.3 is 0 Å². The van der Waals surface area contributed by atoms with Gasteiger partial charge in [-0.15, -0.1) is 11.6 Å². The Labute approximate surface area is 59.4 Å². The van der Waals surface area contributed by atoms with Gasteiger partial charge in [-0.3, -0.25) is 16.3 Å². The molecule has 54 valence electrons. The Morgan fingerprint density at radius 1 is 1.78 bits per heavy atom. The van der Waals surface area contributed by atoms with Gasteiger partial charge in [-0.05, 0) is 0 Å². The molecule has 0 aromatic heterocycles. The molecule has 4 N–H and O–H groups in total. The van der Waals surface area contributed by atoms with Gasteiger partial charge in [0.25, 0.3) is 0 Å². The van der Waals surface area contributed by atoms with Gasteiger partial charge in [0.2, 0.25) is 0 Å². The van der Waals surface area contributed by atoms with E-state index in [0.29, 0.717) is 12.3 Å². The number of nitrogens with two attached hydrogens (primary N) is 1. The summed E-state index contributed by atoms with van der Waals surface area (Å²) >= 11 is 5.42. The average Bonchev–Trinajstić information content (AvgIpc) is 1.88. The molecule has 0 fully saturated rings. The van der Waals surface area contributed by atoms with Crippen LogP contribution in [-0.2, 0) is 0 Å². The highest BCUT2D eigenvalue weighted by atomic mass is 35.5. The highest BCUT2D eigenvalue weighted by molar-refractivity contribution is 6.19. The number of aliphatic imine (C=N–C) groups is 1. The number of amidine groups is 1. The van der Waals surface area contributed by atoms with E-state index in [4.69, 9.17) is 17.4 Å². The minimum atomic E-state index is 0.543. The summed E-state index contributed by atoms with van der Waals surface area (Å²) < 4.78 is 0. The number of alkyl halides is 1. The minimum absolute atomic E-state index is 0.543. The molecule has 0 bridgehead atoms. The van der Waals surface area contributed by atoms with Crippen molar-refractivity contribution in [1.82, 2.24) is 11.0 Å². The van der Waals surface area contributed by atoms with Crippen LogP contribution in [0.2, 0.25) is 0 Å². The summed E-state index contributed by atoms with van der Waals surface area (Å²) in [7, 11) is 1.67. The fraction of sp³-hybridized carbons (Fsp3) is 0.750. The van der Waals surface area contributed by atoms with Crippen molar-refractivity contribution in [3.63, 3.8) is 0 Å². The molecular formula is C4H11ClN4. The van der Waals surface area contributed by atoms with Gasteiger partial charge in [-0.1, -0.05) is 0 Å². The SMILES string of the molecule is CN=C(CCCl)NNN. The second-order valence-corrected chi connectivity index (χ2v) is 1.76. The zero-order valence-electron chi connectivity index (χ0n) is 5.32. The standard InChI is InChI=1S/C4H11ClN4/c1-7-4(2-3-5)8-9-6/h9H,2-3,6H2,1H3,(H,7,8). The smallest absolute Gasteiger partial charge is 0.112 e. The summed E-state index contributed by atoms with van der Waals surface area (Å²) in [5, 5.41) is 0. The van der Waals surface area contributed by atoms with Crippen molar-refractivity contribution in [3.8, 4) is 0 Å². The first-order valence-electron chi connectivity index (χ1n) is 2.58. The summed E-state index contributed by atoms with van der Waals surface area (Å²) in [6.45, 7) is 0. The van der Waals surface area contributed by atoms with E-state index in [1.807, 2.05) is 0 Å². The Morgan fingerprint density at radius 2 is 2.44 bits per heavy atom. The van der Waals surface area contributed by atoms with E-state index in [0.717, 1.165) is 5.84 Å². The quantitative estimate of drug-likeness (QED) is 0.169. The molecule has 0 unspecified atom stereocenters. The van der Waals surface area contributed by atoms with E-state index in [2.05, 4.69) is 16.0 Å². The number of hydrazine groups is 2. The van der Waals surface area contributed by atoms with Crippen molar-refractivity contribution < 1.29 is 0 Å². The summed E-state index contributed by atoms with van der Waals surface area (Å²) in [6.07, 6.45) is 0.697. The maximum Gasteiger partial charge on any atom is 0.112 e. The Balaban J connectivity index is 3.43. The number of rotatable bonds is 3. The van der Waals surface area contributed by atoms with E-state index < -0.39 is 0 Å². The number of halogens is 1. The van der Waals surface area contributed by atoms with Crippen molar-refractivity contribution in [2.75, 3.05) is 12.9 Å². The monoisotopic (exact) mass is 150 g/mol. The Kier molecular flexibility index (Phi) is 5.60. The van der Waals surface area contributed by atoms with Crippen LogP contribution in [0.5, 0.6) is 0 Å². The first-order chi connectivity index (χ1) is 4.35. The summed E-state index contributed by atoms with van der Waals surface area (Å²) in [4.78, 5) is 3.85. The molecule has 0 rings (SSSR count).